The van der Waals surface area contributed by atoms with Crippen molar-refractivity contribution in [2.24, 2.45) is 0 Å². The van der Waals surface area contributed by atoms with Crippen LogP contribution >= 0.6 is 0 Å². The standard InChI is InChI=1S/C16H25N3/c1-12-6-9-17-14-8-11-19-13(7-10-18(2)3)4-5-15(19)16(12)14/h6,9,13,15H,4-5,7-8,10-11H2,1-3H3/t13-,15+/m0/s1. The quantitative estimate of drug-likeness (QED) is 0.831. The summed E-state index contributed by atoms with van der Waals surface area (Å²) in [7, 11) is 4.35. The van der Waals surface area contributed by atoms with E-state index in [0.29, 0.717) is 6.04 Å². The van der Waals surface area contributed by atoms with Crippen molar-refractivity contribution in [1.82, 2.24) is 14.8 Å². The lowest BCUT2D eigenvalue weighted by molar-refractivity contribution is 0.165. The molecule has 0 aliphatic carbocycles. The Morgan fingerprint density at radius 3 is 3.00 bits per heavy atom. The van der Waals surface area contributed by atoms with E-state index in [4.69, 9.17) is 0 Å². The first kappa shape index (κ1) is 13.1. The molecule has 1 saturated heterocycles. The van der Waals surface area contributed by atoms with Crippen LogP contribution in [0.3, 0.4) is 0 Å². The van der Waals surface area contributed by atoms with Crippen molar-refractivity contribution in [1.29, 1.82) is 0 Å². The first-order valence-electron chi connectivity index (χ1n) is 7.51. The molecule has 3 heterocycles. The number of fused-ring (bicyclic) bond motifs is 3. The number of aromatic nitrogens is 1. The Balaban J connectivity index is 1.79. The molecule has 1 aromatic heterocycles. The fourth-order valence-corrected chi connectivity index (χ4v) is 3.82. The van der Waals surface area contributed by atoms with Gasteiger partial charge in [-0.2, -0.15) is 0 Å². The van der Waals surface area contributed by atoms with E-state index in [1.54, 1.807) is 5.56 Å². The van der Waals surface area contributed by atoms with Gasteiger partial charge in [-0.05, 0) is 64.0 Å². The van der Waals surface area contributed by atoms with E-state index in [9.17, 15) is 0 Å². The number of rotatable bonds is 3. The predicted molar refractivity (Wildman–Crippen MR) is 78.3 cm³/mol. The van der Waals surface area contributed by atoms with Crippen molar-refractivity contribution in [3.8, 4) is 0 Å². The van der Waals surface area contributed by atoms with E-state index < -0.39 is 0 Å². The molecule has 0 radical (unpaired) electrons. The van der Waals surface area contributed by atoms with Crippen molar-refractivity contribution < 1.29 is 0 Å². The molecule has 0 unspecified atom stereocenters. The first-order chi connectivity index (χ1) is 9.16. The zero-order chi connectivity index (χ0) is 13.4. The van der Waals surface area contributed by atoms with Gasteiger partial charge >= 0.3 is 0 Å². The molecule has 1 fully saturated rings. The second-order valence-electron chi connectivity index (χ2n) is 6.31. The van der Waals surface area contributed by atoms with Gasteiger partial charge in [-0.15, -0.1) is 0 Å². The minimum absolute atomic E-state index is 0.643. The van der Waals surface area contributed by atoms with Crippen LogP contribution in [-0.4, -0.2) is 48.0 Å². The molecule has 3 nitrogen and oxygen atoms in total. The Hall–Kier alpha value is -0.930. The molecular formula is C16H25N3. The zero-order valence-electron chi connectivity index (χ0n) is 12.4. The first-order valence-corrected chi connectivity index (χ1v) is 7.51. The highest BCUT2D eigenvalue weighted by Gasteiger charge is 2.38. The predicted octanol–water partition coefficient (Wildman–Crippen LogP) is 2.40. The van der Waals surface area contributed by atoms with Gasteiger partial charge in [0, 0.05) is 36.9 Å². The molecule has 0 bridgehead atoms. The average molecular weight is 259 g/mol. The Labute approximate surface area is 116 Å². The maximum atomic E-state index is 4.60. The Kier molecular flexibility index (Phi) is 3.59. The van der Waals surface area contributed by atoms with Gasteiger partial charge in [-0.3, -0.25) is 9.88 Å². The van der Waals surface area contributed by atoms with Gasteiger partial charge in [0.25, 0.3) is 0 Å². The number of aryl methyl sites for hydroxylation is 1. The normalized spacial score (nSPS) is 26.5. The maximum absolute atomic E-state index is 4.60. The summed E-state index contributed by atoms with van der Waals surface area (Å²) in [5.41, 5.74) is 4.34. The summed E-state index contributed by atoms with van der Waals surface area (Å²) in [4.78, 5) is 9.66. The van der Waals surface area contributed by atoms with Gasteiger partial charge in [0.15, 0.2) is 0 Å². The molecule has 0 spiro atoms. The van der Waals surface area contributed by atoms with Crippen molar-refractivity contribution >= 4 is 0 Å². The summed E-state index contributed by atoms with van der Waals surface area (Å²) in [6, 6.07) is 3.60. The second-order valence-corrected chi connectivity index (χ2v) is 6.31. The van der Waals surface area contributed by atoms with Crippen LogP contribution in [0.1, 0.15) is 42.1 Å². The third kappa shape index (κ3) is 2.41. The van der Waals surface area contributed by atoms with Gasteiger partial charge in [0.1, 0.15) is 0 Å². The van der Waals surface area contributed by atoms with Crippen LogP contribution in [0.4, 0.5) is 0 Å². The van der Waals surface area contributed by atoms with E-state index in [0.717, 1.165) is 12.5 Å². The molecule has 2 aliphatic heterocycles. The zero-order valence-corrected chi connectivity index (χ0v) is 12.4. The van der Waals surface area contributed by atoms with Crippen LogP contribution in [-0.2, 0) is 6.42 Å². The summed E-state index contributed by atoms with van der Waals surface area (Å²) in [5, 5.41) is 0. The molecule has 2 aliphatic rings. The fraction of sp³-hybridized carbons (Fsp3) is 0.688. The summed E-state index contributed by atoms with van der Waals surface area (Å²) < 4.78 is 0. The molecule has 3 heteroatoms. The number of hydrogen-bond acceptors (Lipinski definition) is 3. The molecule has 0 amide bonds. The molecule has 19 heavy (non-hydrogen) atoms. The van der Waals surface area contributed by atoms with Gasteiger partial charge < -0.3 is 4.90 Å². The molecule has 0 aromatic carbocycles. The highest BCUT2D eigenvalue weighted by Crippen LogP contribution is 2.42. The largest absolute Gasteiger partial charge is 0.309 e. The highest BCUT2D eigenvalue weighted by atomic mass is 15.2. The Bertz CT molecular complexity index is 455. The summed E-state index contributed by atoms with van der Waals surface area (Å²) in [6.07, 6.45) is 7.08. The Morgan fingerprint density at radius 1 is 1.37 bits per heavy atom. The average Bonchev–Trinajstić information content (AvgIpc) is 2.79. The van der Waals surface area contributed by atoms with Crippen LogP contribution in [0.5, 0.6) is 0 Å². The molecular weight excluding hydrogens is 234 g/mol. The van der Waals surface area contributed by atoms with Crippen LogP contribution in [0.25, 0.3) is 0 Å². The lowest BCUT2D eigenvalue weighted by atomic mass is 9.93. The third-order valence-electron chi connectivity index (χ3n) is 4.78. The van der Waals surface area contributed by atoms with Crippen LogP contribution in [0.15, 0.2) is 12.3 Å². The maximum Gasteiger partial charge on any atom is 0.0466 e. The SMILES string of the molecule is Cc1ccnc2c1[C@H]1CC[C@@H](CCN(C)C)N1CC2. The van der Waals surface area contributed by atoms with E-state index in [2.05, 4.69) is 41.9 Å². The van der Waals surface area contributed by atoms with Crippen LogP contribution < -0.4 is 0 Å². The van der Waals surface area contributed by atoms with Crippen LogP contribution in [0.2, 0.25) is 0 Å². The van der Waals surface area contributed by atoms with Gasteiger partial charge in [0.2, 0.25) is 0 Å². The summed E-state index contributed by atoms with van der Waals surface area (Å²) >= 11 is 0. The van der Waals surface area contributed by atoms with Gasteiger partial charge in [0.05, 0.1) is 0 Å². The van der Waals surface area contributed by atoms with Crippen molar-refractivity contribution in [2.75, 3.05) is 27.2 Å². The van der Waals surface area contributed by atoms with Gasteiger partial charge in [-0.25, -0.2) is 0 Å². The van der Waals surface area contributed by atoms with E-state index in [-0.39, 0.29) is 0 Å². The van der Waals surface area contributed by atoms with E-state index >= 15 is 0 Å². The topological polar surface area (TPSA) is 19.4 Å². The van der Waals surface area contributed by atoms with Crippen molar-refractivity contribution in [2.45, 2.75) is 44.7 Å². The van der Waals surface area contributed by atoms with E-state index in [1.165, 1.54) is 43.6 Å². The Morgan fingerprint density at radius 2 is 2.21 bits per heavy atom. The van der Waals surface area contributed by atoms with Crippen molar-refractivity contribution in [3.05, 3.63) is 29.1 Å². The molecule has 3 rings (SSSR count). The minimum atomic E-state index is 0.643. The minimum Gasteiger partial charge on any atom is -0.309 e. The number of hydrogen-bond donors (Lipinski definition) is 0. The summed E-state index contributed by atoms with van der Waals surface area (Å²) in [6.45, 7) is 4.65. The van der Waals surface area contributed by atoms with Crippen molar-refractivity contribution in [3.63, 3.8) is 0 Å². The van der Waals surface area contributed by atoms with E-state index in [1.807, 2.05) is 6.20 Å². The smallest absolute Gasteiger partial charge is 0.0466 e. The fourth-order valence-electron chi connectivity index (χ4n) is 3.82. The molecule has 0 N–H and O–H groups in total. The summed E-state index contributed by atoms with van der Waals surface area (Å²) in [5.74, 6) is 0. The monoisotopic (exact) mass is 259 g/mol. The molecule has 1 aromatic rings. The lowest BCUT2D eigenvalue weighted by Crippen LogP contribution is -2.39. The number of pyridine rings is 1. The lowest BCUT2D eigenvalue weighted by Gasteiger charge is -2.36. The third-order valence-corrected chi connectivity index (χ3v) is 4.78. The van der Waals surface area contributed by atoms with Crippen LogP contribution in [0, 0.1) is 6.92 Å². The highest BCUT2D eigenvalue weighted by molar-refractivity contribution is 5.35. The molecule has 2 atom stereocenters. The second kappa shape index (κ2) is 5.22. The number of nitrogens with zero attached hydrogens (tertiary/aromatic N) is 3. The molecule has 0 saturated carbocycles. The molecule has 104 valence electrons. The van der Waals surface area contributed by atoms with Gasteiger partial charge in [-0.1, -0.05) is 0 Å².